The first-order valence-electron chi connectivity index (χ1n) is 7.07. The summed E-state index contributed by atoms with van der Waals surface area (Å²) in [5, 5.41) is 22.2. The minimum Gasteiger partial charge on any atom is -0.395 e. The molecule has 0 fully saturated rings. The van der Waals surface area contributed by atoms with Crippen LogP contribution in [0.4, 0.5) is 5.69 Å². The van der Waals surface area contributed by atoms with Crippen LogP contribution in [0.1, 0.15) is 11.3 Å². The summed E-state index contributed by atoms with van der Waals surface area (Å²) >= 11 is 0. The van der Waals surface area contributed by atoms with E-state index in [2.05, 4.69) is 21.4 Å². The van der Waals surface area contributed by atoms with Gasteiger partial charge in [0.15, 0.2) is 0 Å². The summed E-state index contributed by atoms with van der Waals surface area (Å²) in [6, 6.07) is 11.7. The second kappa shape index (κ2) is 5.88. The molecule has 0 saturated heterocycles. The highest BCUT2D eigenvalue weighted by atomic mass is 16.3. The van der Waals surface area contributed by atoms with Gasteiger partial charge in [-0.3, -0.25) is 4.98 Å². The number of aliphatic hydroxyl groups excluding tert-OH is 1. The SMILES string of the molecule is Cc1nc(-c2c[nH]c3c(C#N)cccc23)ccc1NCCO. The van der Waals surface area contributed by atoms with E-state index in [-0.39, 0.29) is 6.61 Å². The van der Waals surface area contributed by atoms with Crippen molar-refractivity contribution in [3.63, 3.8) is 0 Å². The third-order valence-corrected chi connectivity index (χ3v) is 3.62. The Hall–Kier alpha value is -2.84. The average Bonchev–Trinajstić information content (AvgIpc) is 2.97. The first-order chi connectivity index (χ1) is 10.7. The van der Waals surface area contributed by atoms with Gasteiger partial charge in [-0.2, -0.15) is 5.26 Å². The summed E-state index contributed by atoms with van der Waals surface area (Å²) in [6.45, 7) is 2.51. The molecular weight excluding hydrogens is 276 g/mol. The van der Waals surface area contributed by atoms with Gasteiger partial charge in [0.25, 0.3) is 0 Å². The molecule has 0 spiro atoms. The van der Waals surface area contributed by atoms with E-state index < -0.39 is 0 Å². The van der Waals surface area contributed by atoms with Gasteiger partial charge < -0.3 is 15.4 Å². The van der Waals surface area contributed by atoms with Gasteiger partial charge in [-0.25, -0.2) is 0 Å². The molecule has 0 atom stereocenters. The standard InChI is InChI=1S/C17H16N4O/c1-11-15(19-7-8-22)5-6-16(21-11)14-10-20-17-12(9-18)3-2-4-13(14)17/h2-6,10,19-20,22H,7-8H2,1H3. The van der Waals surface area contributed by atoms with E-state index in [4.69, 9.17) is 10.4 Å². The predicted molar refractivity (Wildman–Crippen MR) is 86.6 cm³/mol. The second-order valence-corrected chi connectivity index (χ2v) is 5.02. The molecule has 5 nitrogen and oxygen atoms in total. The summed E-state index contributed by atoms with van der Waals surface area (Å²) < 4.78 is 0. The Bertz CT molecular complexity index is 861. The highest BCUT2D eigenvalue weighted by Crippen LogP contribution is 2.30. The highest BCUT2D eigenvalue weighted by molar-refractivity contribution is 5.97. The van der Waals surface area contributed by atoms with Crippen molar-refractivity contribution >= 4 is 16.6 Å². The maximum Gasteiger partial charge on any atom is 0.101 e. The zero-order valence-electron chi connectivity index (χ0n) is 12.2. The number of nitriles is 1. The summed E-state index contributed by atoms with van der Waals surface area (Å²) in [7, 11) is 0. The van der Waals surface area contributed by atoms with Crippen LogP contribution >= 0.6 is 0 Å². The molecule has 0 radical (unpaired) electrons. The number of hydrogen-bond acceptors (Lipinski definition) is 4. The maximum absolute atomic E-state index is 9.16. The van der Waals surface area contributed by atoms with Crippen molar-refractivity contribution in [2.24, 2.45) is 0 Å². The van der Waals surface area contributed by atoms with Crippen LogP contribution in [0.5, 0.6) is 0 Å². The molecule has 0 aliphatic rings. The van der Waals surface area contributed by atoms with Crippen LogP contribution in [-0.2, 0) is 0 Å². The van der Waals surface area contributed by atoms with Crippen molar-refractivity contribution in [1.29, 1.82) is 5.26 Å². The topological polar surface area (TPSA) is 84.7 Å². The molecule has 22 heavy (non-hydrogen) atoms. The number of benzene rings is 1. The zero-order valence-corrected chi connectivity index (χ0v) is 12.2. The minimum atomic E-state index is 0.0839. The smallest absolute Gasteiger partial charge is 0.101 e. The molecule has 3 aromatic rings. The van der Waals surface area contributed by atoms with Crippen molar-refractivity contribution in [2.45, 2.75) is 6.92 Å². The van der Waals surface area contributed by atoms with E-state index in [0.29, 0.717) is 12.1 Å². The monoisotopic (exact) mass is 292 g/mol. The fourth-order valence-corrected chi connectivity index (χ4v) is 2.55. The molecule has 1 aromatic carbocycles. The summed E-state index contributed by atoms with van der Waals surface area (Å²) in [5.74, 6) is 0. The molecule has 0 amide bonds. The summed E-state index contributed by atoms with van der Waals surface area (Å²) in [6.07, 6.45) is 1.88. The number of nitrogens with zero attached hydrogens (tertiary/aromatic N) is 2. The van der Waals surface area contributed by atoms with Crippen molar-refractivity contribution in [3.8, 4) is 17.3 Å². The van der Waals surface area contributed by atoms with Gasteiger partial charge >= 0.3 is 0 Å². The molecule has 0 unspecified atom stereocenters. The lowest BCUT2D eigenvalue weighted by molar-refractivity contribution is 0.311. The number of nitrogens with one attached hydrogen (secondary N) is 2. The predicted octanol–water partition coefficient (Wildman–Crippen LogP) is 2.81. The maximum atomic E-state index is 9.16. The largest absolute Gasteiger partial charge is 0.395 e. The van der Waals surface area contributed by atoms with E-state index in [0.717, 1.165) is 33.5 Å². The number of aliphatic hydroxyl groups is 1. The van der Waals surface area contributed by atoms with Gasteiger partial charge in [-0.15, -0.1) is 0 Å². The Balaban J connectivity index is 2.05. The Morgan fingerprint density at radius 2 is 2.18 bits per heavy atom. The first kappa shape index (κ1) is 14.1. The van der Waals surface area contributed by atoms with Crippen molar-refractivity contribution in [1.82, 2.24) is 9.97 Å². The number of hydrogen-bond donors (Lipinski definition) is 3. The van der Waals surface area contributed by atoms with E-state index >= 15 is 0 Å². The number of aryl methyl sites for hydroxylation is 1. The number of aromatic nitrogens is 2. The molecule has 0 aliphatic heterocycles. The van der Waals surface area contributed by atoms with E-state index in [1.54, 1.807) is 6.07 Å². The number of rotatable bonds is 4. The van der Waals surface area contributed by atoms with Crippen LogP contribution in [0.25, 0.3) is 22.2 Å². The Morgan fingerprint density at radius 3 is 2.91 bits per heavy atom. The average molecular weight is 292 g/mol. The molecule has 3 rings (SSSR count). The van der Waals surface area contributed by atoms with E-state index in [1.807, 2.05) is 37.4 Å². The second-order valence-electron chi connectivity index (χ2n) is 5.02. The molecule has 110 valence electrons. The minimum absolute atomic E-state index is 0.0839. The van der Waals surface area contributed by atoms with Crippen LogP contribution in [0, 0.1) is 18.3 Å². The highest BCUT2D eigenvalue weighted by Gasteiger charge is 2.11. The number of H-pyrrole nitrogens is 1. The number of fused-ring (bicyclic) bond motifs is 1. The summed E-state index contributed by atoms with van der Waals surface area (Å²) in [5.41, 5.74) is 5.08. The van der Waals surface area contributed by atoms with Gasteiger partial charge in [0.05, 0.1) is 34.8 Å². The molecule has 3 N–H and O–H groups in total. The van der Waals surface area contributed by atoms with Crippen LogP contribution in [0.3, 0.4) is 0 Å². The Kier molecular flexibility index (Phi) is 3.77. The molecule has 5 heteroatoms. The van der Waals surface area contributed by atoms with Gasteiger partial charge in [-0.05, 0) is 25.1 Å². The number of aromatic amines is 1. The first-order valence-corrected chi connectivity index (χ1v) is 7.07. The molecular formula is C17H16N4O. The third-order valence-electron chi connectivity index (χ3n) is 3.62. The van der Waals surface area contributed by atoms with Crippen LogP contribution in [-0.4, -0.2) is 28.2 Å². The lowest BCUT2D eigenvalue weighted by Crippen LogP contribution is -2.07. The van der Waals surface area contributed by atoms with E-state index in [9.17, 15) is 0 Å². The lowest BCUT2D eigenvalue weighted by atomic mass is 10.1. The van der Waals surface area contributed by atoms with E-state index in [1.165, 1.54) is 0 Å². The molecule has 0 aliphatic carbocycles. The Labute approximate surface area is 128 Å². The lowest BCUT2D eigenvalue weighted by Gasteiger charge is -2.09. The molecule has 2 aromatic heterocycles. The fraction of sp³-hybridized carbons (Fsp3) is 0.176. The van der Waals surface area contributed by atoms with Gasteiger partial charge in [0.1, 0.15) is 6.07 Å². The molecule has 0 bridgehead atoms. The van der Waals surface area contributed by atoms with Crippen molar-refractivity contribution in [3.05, 3.63) is 47.8 Å². The number of anilines is 1. The molecule has 0 saturated carbocycles. The van der Waals surface area contributed by atoms with Crippen molar-refractivity contribution < 1.29 is 5.11 Å². The quantitative estimate of drug-likeness (QED) is 0.690. The Morgan fingerprint density at radius 1 is 1.32 bits per heavy atom. The van der Waals surface area contributed by atoms with Gasteiger partial charge in [0.2, 0.25) is 0 Å². The van der Waals surface area contributed by atoms with Crippen LogP contribution < -0.4 is 5.32 Å². The van der Waals surface area contributed by atoms with Crippen molar-refractivity contribution in [2.75, 3.05) is 18.5 Å². The number of pyridine rings is 1. The van der Waals surface area contributed by atoms with Crippen LogP contribution in [0.15, 0.2) is 36.5 Å². The fourth-order valence-electron chi connectivity index (χ4n) is 2.55. The van der Waals surface area contributed by atoms with Crippen LogP contribution in [0.2, 0.25) is 0 Å². The van der Waals surface area contributed by atoms with Gasteiger partial charge in [0, 0.05) is 23.7 Å². The molecule has 2 heterocycles. The van der Waals surface area contributed by atoms with Gasteiger partial charge in [-0.1, -0.05) is 12.1 Å². The summed E-state index contributed by atoms with van der Waals surface area (Å²) in [4.78, 5) is 7.79. The zero-order chi connectivity index (χ0) is 15.5. The number of para-hydroxylation sites is 1. The third kappa shape index (κ3) is 2.41. The normalized spacial score (nSPS) is 10.6.